The summed E-state index contributed by atoms with van der Waals surface area (Å²) in [7, 11) is 3.57. The fraction of sp³-hybridized carbons (Fsp3) is 0.480. The van der Waals surface area contributed by atoms with E-state index in [2.05, 4.69) is 32.4 Å². The van der Waals surface area contributed by atoms with Gasteiger partial charge in [-0.1, -0.05) is 12.8 Å². The Bertz CT molecular complexity index is 1210. The zero-order valence-corrected chi connectivity index (χ0v) is 20.7. The van der Waals surface area contributed by atoms with Crippen molar-refractivity contribution in [1.82, 2.24) is 20.2 Å². The van der Waals surface area contributed by atoms with Gasteiger partial charge < -0.3 is 20.4 Å². The third-order valence-electron chi connectivity index (χ3n) is 6.79. The van der Waals surface area contributed by atoms with Crippen LogP contribution in [0.4, 0.5) is 21.7 Å². The van der Waals surface area contributed by atoms with E-state index < -0.39 is 5.82 Å². The first-order valence-electron chi connectivity index (χ1n) is 12.0. The van der Waals surface area contributed by atoms with Gasteiger partial charge in [0.05, 0.1) is 21.5 Å². The Kier molecular flexibility index (Phi) is 6.40. The fourth-order valence-electron chi connectivity index (χ4n) is 5.05. The van der Waals surface area contributed by atoms with Crippen molar-refractivity contribution in [2.24, 2.45) is 0 Å². The Balaban J connectivity index is 1.45. The standard InChI is InChI=1S/C25H31FN6OS/c1-15-14-32(9-8-27-15)17-10-19(26)24(29-12-17)30-21-11-18-20(13-28-21)34-23(25(33)31(2)3)22(18)16-6-4-5-7-16/h10-13,15-16,27H,4-9,14H2,1-3H3,(H,28,29,30)/t15-/m1/s1. The van der Waals surface area contributed by atoms with Gasteiger partial charge in [-0.3, -0.25) is 4.79 Å². The summed E-state index contributed by atoms with van der Waals surface area (Å²) < 4.78 is 16.0. The van der Waals surface area contributed by atoms with E-state index in [9.17, 15) is 9.18 Å². The molecule has 1 aliphatic carbocycles. The summed E-state index contributed by atoms with van der Waals surface area (Å²) in [6.45, 7) is 4.64. The van der Waals surface area contributed by atoms with Crippen molar-refractivity contribution in [1.29, 1.82) is 0 Å². The van der Waals surface area contributed by atoms with Crippen LogP contribution < -0.4 is 15.5 Å². The van der Waals surface area contributed by atoms with E-state index in [1.54, 1.807) is 31.4 Å². The molecule has 0 spiro atoms. The minimum absolute atomic E-state index is 0.0307. The molecule has 1 saturated heterocycles. The lowest BCUT2D eigenvalue weighted by Crippen LogP contribution is -2.49. The van der Waals surface area contributed by atoms with Crippen molar-refractivity contribution in [2.45, 2.75) is 44.6 Å². The van der Waals surface area contributed by atoms with Crippen LogP contribution in [-0.4, -0.2) is 60.5 Å². The van der Waals surface area contributed by atoms with Crippen LogP contribution in [0.1, 0.15) is 53.8 Å². The first kappa shape index (κ1) is 23.0. The third-order valence-corrected chi connectivity index (χ3v) is 7.93. The topological polar surface area (TPSA) is 73.4 Å². The highest BCUT2D eigenvalue weighted by molar-refractivity contribution is 7.21. The Morgan fingerprint density at radius 2 is 2.03 bits per heavy atom. The molecule has 2 N–H and O–H groups in total. The highest BCUT2D eigenvalue weighted by Crippen LogP contribution is 2.44. The molecular formula is C25H31FN6OS. The molecule has 1 atom stereocenters. The molecule has 0 unspecified atom stereocenters. The predicted octanol–water partition coefficient (Wildman–Crippen LogP) is 4.73. The van der Waals surface area contributed by atoms with Crippen LogP contribution >= 0.6 is 11.3 Å². The molecule has 0 bridgehead atoms. The first-order chi connectivity index (χ1) is 16.4. The van der Waals surface area contributed by atoms with Crippen molar-refractivity contribution in [3.05, 3.63) is 40.8 Å². The smallest absolute Gasteiger partial charge is 0.263 e. The molecule has 3 aromatic rings. The van der Waals surface area contributed by atoms with Gasteiger partial charge in [-0.25, -0.2) is 14.4 Å². The van der Waals surface area contributed by atoms with Crippen LogP contribution in [0.3, 0.4) is 0 Å². The number of hydrogen-bond acceptors (Lipinski definition) is 7. The molecule has 2 aliphatic rings. The second kappa shape index (κ2) is 9.46. The number of carbonyl (C=O) groups excluding carboxylic acids is 1. The molecule has 34 heavy (non-hydrogen) atoms. The van der Waals surface area contributed by atoms with Gasteiger partial charge >= 0.3 is 0 Å². The number of pyridine rings is 2. The average Bonchev–Trinajstić information content (AvgIpc) is 3.47. The van der Waals surface area contributed by atoms with Crippen LogP contribution in [0.2, 0.25) is 0 Å². The lowest BCUT2D eigenvalue weighted by Gasteiger charge is -2.33. The number of carbonyl (C=O) groups is 1. The second-order valence-electron chi connectivity index (χ2n) is 9.54. The number of nitrogens with zero attached hydrogens (tertiary/aromatic N) is 4. The molecule has 3 aromatic heterocycles. The molecule has 2 fully saturated rings. The first-order valence-corrected chi connectivity index (χ1v) is 12.8. The largest absolute Gasteiger partial charge is 0.367 e. The normalized spacial score (nSPS) is 19.1. The van der Waals surface area contributed by atoms with Crippen molar-refractivity contribution in [3.63, 3.8) is 0 Å². The zero-order valence-electron chi connectivity index (χ0n) is 19.9. The molecule has 9 heteroatoms. The summed E-state index contributed by atoms with van der Waals surface area (Å²) in [6, 6.07) is 3.84. The van der Waals surface area contributed by atoms with Gasteiger partial charge in [-0.2, -0.15) is 0 Å². The summed E-state index contributed by atoms with van der Waals surface area (Å²) in [5, 5.41) is 7.49. The van der Waals surface area contributed by atoms with Crippen LogP contribution in [-0.2, 0) is 0 Å². The maximum atomic E-state index is 15.0. The predicted molar refractivity (Wildman–Crippen MR) is 136 cm³/mol. The van der Waals surface area contributed by atoms with E-state index in [1.807, 2.05) is 6.07 Å². The highest BCUT2D eigenvalue weighted by atomic mass is 32.1. The number of piperazine rings is 1. The van der Waals surface area contributed by atoms with Crippen molar-refractivity contribution >= 4 is 44.7 Å². The molecule has 4 heterocycles. The van der Waals surface area contributed by atoms with Crippen LogP contribution in [0.25, 0.3) is 10.1 Å². The Hall–Kier alpha value is -2.78. The average molecular weight is 483 g/mol. The fourth-order valence-corrected chi connectivity index (χ4v) is 6.31. The number of rotatable bonds is 5. The number of nitrogens with one attached hydrogen (secondary N) is 2. The van der Waals surface area contributed by atoms with E-state index >= 15 is 0 Å². The second-order valence-corrected chi connectivity index (χ2v) is 10.6. The van der Waals surface area contributed by atoms with Crippen LogP contribution in [0, 0.1) is 5.82 Å². The number of hydrogen-bond donors (Lipinski definition) is 2. The van der Waals surface area contributed by atoms with Gasteiger partial charge in [0.15, 0.2) is 11.6 Å². The van der Waals surface area contributed by atoms with E-state index in [0.29, 0.717) is 17.8 Å². The van der Waals surface area contributed by atoms with E-state index in [4.69, 9.17) is 0 Å². The minimum atomic E-state index is -0.407. The van der Waals surface area contributed by atoms with Crippen molar-refractivity contribution < 1.29 is 9.18 Å². The Labute approximate surface area is 203 Å². The molecule has 5 rings (SSSR count). The quantitative estimate of drug-likeness (QED) is 0.548. The van der Waals surface area contributed by atoms with Gasteiger partial charge in [0, 0.05) is 57.4 Å². The van der Waals surface area contributed by atoms with Gasteiger partial charge in [0.25, 0.3) is 5.91 Å². The summed E-state index contributed by atoms with van der Waals surface area (Å²) in [5.41, 5.74) is 1.91. The number of halogens is 1. The number of amides is 1. The minimum Gasteiger partial charge on any atom is -0.367 e. The molecule has 7 nitrogen and oxygen atoms in total. The molecule has 0 radical (unpaired) electrons. The summed E-state index contributed by atoms with van der Waals surface area (Å²) in [5.74, 6) is 0.682. The lowest BCUT2D eigenvalue weighted by molar-refractivity contribution is 0.0831. The van der Waals surface area contributed by atoms with Gasteiger partial charge in [-0.15, -0.1) is 11.3 Å². The zero-order chi connectivity index (χ0) is 23.8. The maximum Gasteiger partial charge on any atom is 0.263 e. The van der Waals surface area contributed by atoms with Crippen LogP contribution in [0.15, 0.2) is 24.5 Å². The molecular weight excluding hydrogens is 451 g/mol. The van der Waals surface area contributed by atoms with E-state index in [0.717, 1.165) is 58.7 Å². The summed E-state index contributed by atoms with van der Waals surface area (Å²) >= 11 is 1.50. The van der Waals surface area contributed by atoms with Crippen molar-refractivity contribution in [3.8, 4) is 0 Å². The summed E-state index contributed by atoms with van der Waals surface area (Å²) in [6.07, 6.45) is 8.04. The monoisotopic (exact) mass is 482 g/mol. The Morgan fingerprint density at radius 3 is 2.74 bits per heavy atom. The molecule has 1 aliphatic heterocycles. The molecule has 0 aromatic carbocycles. The maximum absolute atomic E-state index is 15.0. The Morgan fingerprint density at radius 1 is 1.24 bits per heavy atom. The number of aromatic nitrogens is 2. The van der Waals surface area contributed by atoms with E-state index in [-0.39, 0.29) is 11.7 Å². The van der Waals surface area contributed by atoms with Gasteiger partial charge in [0.1, 0.15) is 5.82 Å². The molecule has 1 saturated carbocycles. The molecule has 1 amide bonds. The van der Waals surface area contributed by atoms with Crippen molar-refractivity contribution in [2.75, 3.05) is 43.9 Å². The van der Waals surface area contributed by atoms with Gasteiger partial charge in [-0.05, 0) is 37.3 Å². The lowest BCUT2D eigenvalue weighted by atomic mass is 9.94. The third kappa shape index (κ3) is 4.46. The number of fused-ring (bicyclic) bond motifs is 1. The molecule has 180 valence electrons. The summed E-state index contributed by atoms with van der Waals surface area (Å²) in [4.78, 5) is 26.4. The number of anilines is 3. The van der Waals surface area contributed by atoms with Crippen LogP contribution in [0.5, 0.6) is 0 Å². The SMILES string of the molecule is C[C@@H]1CN(c2cnc(Nc3cc4c(C5CCCC5)c(C(=O)N(C)C)sc4cn3)c(F)c2)CCN1. The van der Waals surface area contributed by atoms with Gasteiger partial charge in [0.2, 0.25) is 0 Å². The highest BCUT2D eigenvalue weighted by Gasteiger charge is 2.28. The number of thiophene rings is 1. The van der Waals surface area contributed by atoms with E-state index in [1.165, 1.54) is 30.2 Å².